The molecule has 0 unspecified atom stereocenters. The lowest BCUT2D eigenvalue weighted by Gasteiger charge is -2.22. The number of aromatic nitrogens is 2. The molecule has 0 amide bonds. The molecule has 0 radical (unpaired) electrons. The monoisotopic (exact) mass is 752 g/mol. The van der Waals surface area contributed by atoms with Crippen molar-refractivity contribution in [1.82, 2.24) is 9.97 Å². The molecule has 2 nitrogen and oxygen atoms in total. The predicted molar refractivity (Wildman–Crippen MR) is 247 cm³/mol. The summed E-state index contributed by atoms with van der Waals surface area (Å²) in [6.07, 6.45) is 0. The maximum atomic E-state index is 5.30. The van der Waals surface area contributed by atoms with Crippen molar-refractivity contribution in [3.63, 3.8) is 0 Å². The van der Waals surface area contributed by atoms with Crippen LogP contribution in [0, 0.1) is 0 Å². The van der Waals surface area contributed by atoms with Gasteiger partial charge in [0.1, 0.15) is 0 Å². The van der Waals surface area contributed by atoms with Gasteiger partial charge in [-0.2, -0.15) is 0 Å². The molecule has 1 heterocycles. The fraction of sp³-hybridized carbons (Fsp3) is 0.0526. The maximum Gasteiger partial charge on any atom is 0.160 e. The van der Waals surface area contributed by atoms with Crippen LogP contribution in [0.1, 0.15) is 25.0 Å². The molecule has 1 aliphatic rings. The van der Waals surface area contributed by atoms with Crippen LogP contribution >= 0.6 is 0 Å². The van der Waals surface area contributed by atoms with Crippen molar-refractivity contribution in [3.05, 3.63) is 217 Å². The summed E-state index contributed by atoms with van der Waals surface area (Å²) in [5, 5.41) is 4.77. The molecule has 2 heteroatoms. The molecule has 1 aliphatic carbocycles. The van der Waals surface area contributed by atoms with Gasteiger partial charge < -0.3 is 0 Å². The van der Waals surface area contributed by atoms with Gasteiger partial charge in [-0.05, 0) is 95.4 Å². The third kappa shape index (κ3) is 5.87. The van der Waals surface area contributed by atoms with Crippen LogP contribution in [0.5, 0.6) is 0 Å². The van der Waals surface area contributed by atoms with Crippen LogP contribution in [0.3, 0.4) is 0 Å². The Morgan fingerprint density at radius 3 is 1.66 bits per heavy atom. The molecule has 278 valence electrons. The minimum absolute atomic E-state index is 0.0508. The van der Waals surface area contributed by atoms with Crippen LogP contribution in [0.15, 0.2) is 206 Å². The number of hydrogen-bond donors (Lipinski definition) is 0. The zero-order valence-corrected chi connectivity index (χ0v) is 33.0. The molecular weight excluding hydrogens is 713 g/mol. The molecule has 0 spiro atoms. The summed E-state index contributed by atoms with van der Waals surface area (Å²) in [5.74, 6) is 0.701. The van der Waals surface area contributed by atoms with E-state index in [4.69, 9.17) is 9.97 Å². The first-order valence-electron chi connectivity index (χ1n) is 20.4. The first-order valence-corrected chi connectivity index (χ1v) is 20.4. The Bertz CT molecular complexity index is 3240. The van der Waals surface area contributed by atoms with Gasteiger partial charge in [-0.15, -0.1) is 0 Å². The highest BCUT2D eigenvalue weighted by Crippen LogP contribution is 2.50. The van der Waals surface area contributed by atoms with Crippen LogP contribution in [0.25, 0.3) is 100.0 Å². The molecule has 59 heavy (non-hydrogen) atoms. The highest BCUT2D eigenvalue weighted by atomic mass is 14.9. The highest BCUT2D eigenvalue weighted by molar-refractivity contribution is 6.06. The van der Waals surface area contributed by atoms with E-state index in [1.54, 1.807) is 0 Å². The Kier molecular flexibility index (Phi) is 8.20. The van der Waals surface area contributed by atoms with Gasteiger partial charge in [0.05, 0.1) is 11.4 Å². The molecule has 10 aromatic rings. The Morgan fingerprint density at radius 2 is 0.831 bits per heavy atom. The van der Waals surface area contributed by atoms with Gasteiger partial charge in [0.2, 0.25) is 0 Å². The van der Waals surface area contributed by atoms with Gasteiger partial charge in [-0.25, -0.2) is 9.97 Å². The van der Waals surface area contributed by atoms with E-state index < -0.39 is 0 Å². The molecule has 0 saturated heterocycles. The number of fused-ring (bicyclic) bond motifs is 5. The summed E-state index contributed by atoms with van der Waals surface area (Å²) in [7, 11) is 0. The number of hydrogen-bond acceptors (Lipinski definition) is 2. The van der Waals surface area contributed by atoms with Gasteiger partial charge in [-0.1, -0.05) is 202 Å². The van der Waals surface area contributed by atoms with Crippen molar-refractivity contribution in [2.75, 3.05) is 0 Å². The van der Waals surface area contributed by atoms with Gasteiger partial charge in [0.15, 0.2) is 5.82 Å². The Hall–Kier alpha value is -7.42. The standard InChI is InChI=1S/C57H40N2/c1-57(2)52-29-13-12-26-48(52)49-31-30-40(35-53(49)57)39-20-14-21-41(34-39)43-32-33-51(47-25-9-8-23-44(43)47)55-36-54(58-56(59-55)38-17-4-3-5-18-38)50-27-11-10-24-46(50)45-28-15-19-37-16-6-7-22-42(37)45/h3-36H,1-2H3. The number of rotatable bonds is 6. The third-order valence-corrected chi connectivity index (χ3v) is 12.3. The van der Waals surface area contributed by atoms with Crippen molar-refractivity contribution >= 4 is 21.5 Å². The topological polar surface area (TPSA) is 25.8 Å². The van der Waals surface area contributed by atoms with E-state index in [1.165, 1.54) is 66.2 Å². The van der Waals surface area contributed by atoms with Gasteiger partial charge in [0, 0.05) is 22.1 Å². The molecule has 0 atom stereocenters. The summed E-state index contributed by atoms with van der Waals surface area (Å²) in [6.45, 7) is 4.69. The SMILES string of the molecule is CC1(C)c2ccccc2-c2ccc(-c3cccc(-c4ccc(-c5cc(-c6ccccc6-c6cccc7ccccc67)nc(-c6ccccc6)n5)c5ccccc45)c3)cc21. The second kappa shape index (κ2) is 13.9. The van der Waals surface area contributed by atoms with Crippen molar-refractivity contribution in [2.45, 2.75) is 19.3 Å². The fourth-order valence-electron chi connectivity index (χ4n) is 9.37. The molecule has 9 aromatic carbocycles. The van der Waals surface area contributed by atoms with Gasteiger partial charge in [0.25, 0.3) is 0 Å². The van der Waals surface area contributed by atoms with Crippen molar-refractivity contribution < 1.29 is 0 Å². The van der Waals surface area contributed by atoms with Gasteiger partial charge in [-0.3, -0.25) is 0 Å². The third-order valence-electron chi connectivity index (χ3n) is 12.3. The predicted octanol–water partition coefficient (Wildman–Crippen LogP) is 15.1. The number of benzene rings is 9. The Balaban J connectivity index is 1.04. The zero-order valence-electron chi connectivity index (χ0n) is 33.0. The summed E-state index contributed by atoms with van der Waals surface area (Å²) in [6, 6.07) is 74.4. The lowest BCUT2D eigenvalue weighted by Crippen LogP contribution is -2.14. The van der Waals surface area contributed by atoms with Crippen molar-refractivity contribution in [2.24, 2.45) is 0 Å². The summed E-state index contributed by atoms with van der Waals surface area (Å²) < 4.78 is 0. The number of nitrogens with zero attached hydrogens (tertiary/aromatic N) is 2. The molecule has 0 bridgehead atoms. The maximum absolute atomic E-state index is 5.30. The largest absolute Gasteiger partial charge is 0.228 e. The zero-order chi connectivity index (χ0) is 39.5. The van der Waals surface area contributed by atoms with E-state index in [0.29, 0.717) is 5.82 Å². The smallest absolute Gasteiger partial charge is 0.160 e. The van der Waals surface area contributed by atoms with Crippen LogP contribution in [-0.2, 0) is 5.41 Å². The second-order valence-electron chi connectivity index (χ2n) is 16.1. The van der Waals surface area contributed by atoms with Crippen molar-refractivity contribution in [3.8, 4) is 78.4 Å². The lowest BCUT2D eigenvalue weighted by molar-refractivity contribution is 0.660. The quantitative estimate of drug-likeness (QED) is 0.169. The summed E-state index contributed by atoms with van der Waals surface area (Å²) >= 11 is 0. The van der Waals surface area contributed by atoms with E-state index in [9.17, 15) is 0 Å². The van der Waals surface area contributed by atoms with E-state index in [1.807, 2.05) is 6.07 Å². The first kappa shape index (κ1) is 34.8. The minimum atomic E-state index is -0.0508. The molecule has 0 fully saturated rings. The molecule has 1 aromatic heterocycles. The lowest BCUT2D eigenvalue weighted by atomic mass is 9.81. The second-order valence-corrected chi connectivity index (χ2v) is 16.1. The Morgan fingerprint density at radius 1 is 0.305 bits per heavy atom. The molecule has 0 saturated carbocycles. The normalized spacial score (nSPS) is 12.7. The first-order chi connectivity index (χ1) is 29.0. The van der Waals surface area contributed by atoms with Crippen LogP contribution < -0.4 is 0 Å². The van der Waals surface area contributed by atoms with Gasteiger partial charge >= 0.3 is 0 Å². The summed E-state index contributed by atoms with van der Waals surface area (Å²) in [5.41, 5.74) is 17.5. The van der Waals surface area contributed by atoms with E-state index in [-0.39, 0.29) is 5.41 Å². The average Bonchev–Trinajstić information content (AvgIpc) is 3.53. The molecular formula is C57H40N2. The minimum Gasteiger partial charge on any atom is -0.228 e. The summed E-state index contributed by atoms with van der Waals surface area (Å²) in [4.78, 5) is 10.6. The molecule has 11 rings (SSSR count). The van der Waals surface area contributed by atoms with Crippen molar-refractivity contribution in [1.29, 1.82) is 0 Å². The van der Waals surface area contributed by atoms with Crippen LogP contribution in [0.2, 0.25) is 0 Å². The fourth-order valence-corrected chi connectivity index (χ4v) is 9.37. The van der Waals surface area contributed by atoms with Crippen LogP contribution in [-0.4, -0.2) is 9.97 Å². The average molecular weight is 753 g/mol. The van der Waals surface area contributed by atoms with E-state index in [0.717, 1.165) is 39.0 Å². The van der Waals surface area contributed by atoms with E-state index in [2.05, 4.69) is 214 Å². The molecule has 0 aliphatic heterocycles. The highest BCUT2D eigenvalue weighted by Gasteiger charge is 2.35. The molecule has 0 N–H and O–H groups in total. The van der Waals surface area contributed by atoms with Crippen LogP contribution in [0.4, 0.5) is 0 Å². The Labute approximate surface area is 345 Å². The van der Waals surface area contributed by atoms with E-state index >= 15 is 0 Å².